The molecule has 308 valence electrons. The summed E-state index contributed by atoms with van der Waals surface area (Å²) in [6, 6.07) is 49.7. The molecule has 0 saturated carbocycles. The number of carbonyl (C=O) groups excluding carboxylic acids is 3. The van der Waals surface area contributed by atoms with Crippen LogP contribution in [0.4, 0.5) is 4.79 Å². The molecule has 8 nitrogen and oxygen atoms in total. The van der Waals surface area contributed by atoms with Gasteiger partial charge >= 0.3 is 12.1 Å². The summed E-state index contributed by atoms with van der Waals surface area (Å²) in [5.41, 5.74) is 4.61. The van der Waals surface area contributed by atoms with Crippen LogP contribution < -0.4 is 10.6 Å². The van der Waals surface area contributed by atoms with Crippen LogP contribution in [0.5, 0.6) is 0 Å². The quantitative estimate of drug-likeness (QED) is 0.0757. The van der Waals surface area contributed by atoms with Gasteiger partial charge in [-0.05, 0) is 60.9 Å². The second-order valence-corrected chi connectivity index (χ2v) is 17.8. The van der Waals surface area contributed by atoms with Gasteiger partial charge in [-0.15, -0.1) is 11.8 Å². The molecule has 4 atom stereocenters. The van der Waals surface area contributed by atoms with E-state index in [1.165, 1.54) is 0 Å². The predicted octanol–water partition coefficient (Wildman–Crippen LogP) is 9.54. The number of hydrogen-bond acceptors (Lipinski definition) is 7. The van der Waals surface area contributed by atoms with Crippen molar-refractivity contribution >= 4 is 29.7 Å². The number of amides is 2. The van der Waals surface area contributed by atoms with Crippen LogP contribution in [0.25, 0.3) is 0 Å². The number of thioether (sulfide) groups is 1. The van der Waals surface area contributed by atoms with Crippen LogP contribution in [-0.2, 0) is 23.8 Å². The smallest absolute Gasteiger partial charge is 0.410 e. The van der Waals surface area contributed by atoms with Gasteiger partial charge in [0.15, 0.2) is 6.61 Å². The number of nitrogens with one attached hydrogen (secondary N) is 2. The number of nitrogens with zero attached hydrogens (tertiary/aromatic N) is 1. The molecule has 0 aromatic heterocycles. The summed E-state index contributed by atoms with van der Waals surface area (Å²) >= 11 is 1.85. The summed E-state index contributed by atoms with van der Waals surface area (Å²) in [6.45, 7) is 10.0. The predicted molar refractivity (Wildman–Crippen MR) is 237 cm³/mol. The van der Waals surface area contributed by atoms with Crippen LogP contribution in [0.3, 0.4) is 0 Å². The van der Waals surface area contributed by atoms with Gasteiger partial charge in [-0.1, -0.05) is 172 Å². The highest BCUT2D eigenvalue weighted by Crippen LogP contribution is 2.52. The van der Waals surface area contributed by atoms with Crippen LogP contribution in [-0.4, -0.2) is 65.5 Å². The SMILES string of the molecule is CC[C@H](C)[C@H](NC[C@@H]1C[C@H](SC(c2ccccc2)(c2ccccc2)c2ccccc2)CN1C(=O)OC(C)(C)C)C(=O)OCC(=O)NC(c1ccccc1)c1ccccc1. The van der Waals surface area contributed by atoms with E-state index in [2.05, 4.69) is 83.4 Å². The molecule has 1 saturated heterocycles. The van der Waals surface area contributed by atoms with Crippen molar-refractivity contribution < 1.29 is 23.9 Å². The van der Waals surface area contributed by atoms with E-state index in [-0.39, 0.29) is 23.3 Å². The maximum atomic E-state index is 14.0. The monoisotopic (exact) mass is 811 g/mol. The first-order chi connectivity index (χ1) is 28.5. The average molecular weight is 812 g/mol. The fraction of sp³-hybridized carbons (Fsp3) is 0.340. The normalized spacial score (nSPS) is 16.6. The van der Waals surface area contributed by atoms with Gasteiger partial charge in [-0.3, -0.25) is 9.59 Å². The Morgan fingerprint density at radius 2 is 1.19 bits per heavy atom. The molecule has 59 heavy (non-hydrogen) atoms. The molecule has 0 spiro atoms. The second kappa shape index (κ2) is 20.1. The molecular formula is C50H57N3O5S. The largest absolute Gasteiger partial charge is 0.454 e. The molecule has 6 rings (SSSR count). The average Bonchev–Trinajstić information content (AvgIpc) is 3.67. The lowest BCUT2D eigenvalue weighted by Crippen LogP contribution is -2.50. The molecule has 1 aliphatic rings. The number of ether oxygens (including phenoxy) is 2. The van der Waals surface area contributed by atoms with Gasteiger partial charge < -0.3 is 25.0 Å². The third-order valence-corrected chi connectivity index (χ3v) is 12.6. The van der Waals surface area contributed by atoms with E-state index in [1.807, 2.05) is 130 Å². The van der Waals surface area contributed by atoms with Gasteiger partial charge in [0, 0.05) is 24.4 Å². The Hall–Kier alpha value is -5.38. The molecule has 0 unspecified atom stereocenters. The Kier molecular flexibility index (Phi) is 14.7. The van der Waals surface area contributed by atoms with Crippen molar-refractivity contribution in [2.24, 2.45) is 5.92 Å². The van der Waals surface area contributed by atoms with Gasteiger partial charge in [0.1, 0.15) is 11.6 Å². The molecule has 1 aliphatic heterocycles. The van der Waals surface area contributed by atoms with E-state index in [0.29, 0.717) is 25.9 Å². The zero-order valence-electron chi connectivity index (χ0n) is 34.8. The first kappa shape index (κ1) is 43.2. The highest BCUT2D eigenvalue weighted by molar-refractivity contribution is 8.01. The number of carbonyl (C=O) groups is 3. The fourth-order valence-corrected chi connectivity index (χ4v) is 9.63. The summed E-state index contributed by atoms with van der Waals surface area (Å²) in [6.07, 6.45) is 0.981. The molecule has 0 bridgehead atoms. The van der Waals surface area contributed by atoms with Gasteiger partial charge in [-0.25, -0.2) is 4.79 Å². The topological polar surface area (TPSA) is 97.0 Å². The maximum absolute atomic E-state index is 14.0. The standard InChI is InChI=1S/C50H57N3O5S/c1-6-36(2)45(47(55)57-35-44(54)52-46(37-22-12-7-13-23-37)38-24-14-8-15-25-38)51-33-42-32-43(34-53(42)48(56)58-49(3,4)5)59-50(39-26-16-9-17-27-39,40-28-18-10-19-29-40)41-30-20-11-21-31-41/h7-31,36,42-43,45-46,51H,6,32-35H2,1-5H3,(H,52,54)/t36-,42-,43-,45-/m0/s1. The second-order valence-electron chi connectivity index (χ2n) is 16.2. The lowest BCUT2D eigenvalue weighted by Gasteiger charge is -2.37. The van der Waals surface area contributed by atoms with Crippen molar-refractivity contribution in [3.05, 3.63) is 179 Å². The van der Waals surface area contributed by atoms with Crippen LogP contribution in [0.1, 0.15) is 81.3 Å². The molecule has 1 heterocycles. The van der Waals surface area contributed by atoms with Crippen molar-refractivity contribution in [3.63, 3.8) is 0 Å². The highest BCUT2D eigenvalue weighted by Gasteiger charge is 2.45. The van der Waals surface area contributed by atoms with E-state index < -0.39 is 40.9 Å². The van der Waals surface area contributed by atoms with Crippen LogP contribution in [0.15, 0.2) is 152 Å². The van der Waals surface area contributed by atoms with Gasteiger partial charge in [-0.2, -0.15) is 0 Å². The van der Waals surface area contributed by atoms with Gasteiger partial charge in [0.25, 0.3) is 5.91 Å². The Labute approximate surface area is 354 Å². The third kappa shape index (κ3) is 11.0. The lowest BCUT2D eigenvalue weighted by atomic mass is 9.84. The van der Waals surface area contributed by atoms with Crippen LogP contribution in [0, 0.1) is 5.92 Å². The lowest BCUT2D eigenvalue weighted by molar-refractivity contribution is -0.152. The van der Waals surface area contributed by atoms with Crippen LogP contribution in [0.2, 0.25) is 0 Å². The van der Waals surface area contributed by atoms with E-state index in [1.54, 1.807) is 0 Å². The molecule has 9 heteroatoms. The van der Waals surface area contributed by atoms with Crippen molar-refractivity contribution in [3.8, 4) is 0 Å². The Morgan fingerprint density at radius 1 is 0.729 bits per heavy atom. The molecular weight excluding hydrogens is 755 g/mol. The summed E-state index contributed by atoms with van der Waals surface area (Å²) in [5, 5.41) is 6.56. The van der Waals surface area contributed by atoms with E-state index in [9.17, 15) is 14.4 Å². The summed E-state index contributed by atoms with van der Waals surface area (Å²) < 4.78 is 11.1. The first-order valence-electron chi connectivity index (χ1n) is 20.6. The zero-order chi connectivity index (χ0) is 41.8. The summed E-state index contributed by atoms with van der Waals surface area (Å²) in [7, 11) is 0. The number of rotatable bonds is 16. The number of likely N-dealkylation sites (tertiary alicyclic amines) is 1. The zero-order valence-corrected chi connectivity index (χ0v) is 35.6. The Morgan fingerprint density at radius 3 is 1.63 bits per heavy atom. The molecule has 1 fully saturated rings. The number of hydrogen-bond donors (Lipinski definition) is 2. The van der Waals surface area contributed by atoms with Crippen LogP contribution >= 0.6 is 11.8 Å². The minimum absolute atomic E-state index is 0.00908. The molecule has 2 amide bonds. The van der Waals surface area contributed by atoms with Crippen molar-refractivity contribution in [2.45, 2.75) is 81.2 Å². The maximum Gasteiger partial charge on any atom is 0.410 e. The highest BCUT2D eigenvalue weighted by atomic mass is 32.2. The summed E-state index contributed by atoms with van der Waals surface area (Å²) in [5.74, 6) is -1.01. The van der Waals surface area contributed by atoms with Crippen molar-refractivity contribution in [1.82, 2.24) is 15.5 Å². The number of benzene rings is 5. The van der Waals surface area contributed by atoms with E-state index >= 15 is 0 Å². The molecule has 2 N–H and O–H groups in total. The Balaban J connectivity index is 1.21. The minimum atomic E-state index is -0.698. The molecule has 5 aromatic carbocycles. The van der Waals surface area contributed by atoms with E-state index in [0.717, 1.165) is 27.8 Å². The van der Waals surface area contributed by atoms with Gasteiger partial charge in [0.05, 0.1) is 10.8 Å². The first-order valence-corrected chi connectivity index (χ1v) is 21.5. The Bertz CT molecular complexity index is 1940. The molecule has 0 aliphatic carbocycles. The fourth-order valence-electron chi connectivity index (χ4n) is 7.76. The molecule has 5 aromatic rings. The minimum Gasteiger partial charge on any atom is -0.454 e. The van der Waals surface area contributed by atoms with Crippen molar-refractivity contribution in [2.75, 3.05) is 19.7 Å². The number of esters is 1. The van der Waals surface area contributed by atoms with Gasteiger partial charge in [0.2, 0.25) is 0 Å². The molecule has 0 radical (unpaired) electrons. The summed E-state index contributed by atoms with van der Waals surface area (Å²) in [4.78, 5) is 43.0. The third-order valence-electron chi connectivity index (χ3n) is 10.8. The van der Waals surface area contributed by atoms with Crippen molar-refractivity contribution in [1.29, 1.82) is 0 Å². The van der Waals surface area contributed by atoms with E-state index in [4.69, 9.17) is 9.47 Å².